The summed E-state index contributed by atoms with van der Waals surface area (Å²) in [7, 11) is 0. The van der Waals surface area contributed by atoms with E-state index in [0.717, 1.165) is 19.3 Å². The first kappa shape index (κ1) is 14.6. The van der Waals surface area contributed by atoms with E-state index in [-0.39, 0.29) is 0 Å². The number of nitrogens with one attached hydrogen (secondary N) is 1. The Morgan fingerprint density at radius 3 is 1.87 bits per heavy atom. The highest BCUT2D eigenvalue weighted by molar-refractivity contribution is 5.75. The molecule has 0 aliphatic heterocycles. The summed E-state index contributed by atoms with van der Waals surface area (Å²) in [5, 5.41) is 8.33. The minimum atomic E-state index is 0.312. The Hall–Kier alpha value is -0.410. The largest absolute Gasteiger partial charge is 0.317 e. The Morgan fingerprint density at radius 2 is 1.40 bits per heavy atom. The lowest BCUT2D eigenvalue weighted by molar-refractivity contribution is -0.117. The molecular formula is C12H25NO2. The molecule has 3 nitrogen and oxygen atoms in total. The molecule has 0 unspecified atom stereocenters. The molecule has 0 amide bonds. The lowest BCUT2D eigenvalue weighted by Gasteiger charge is -2.01. The van der Waals surface area contributed by atoms with Gasteiger partial charge in [-0.3, -0.25) is 0 Å². The zero-order valence-corrected chi connectivity index (χ0v) is 9.93. The van der Waals surface area contributed by atoms with Crippen molar-refractivity contribution in [1.82, 2.24) is 5.48 Å². The second kappa shape index (κ2) is 11.7. The minimum absolute atomic E-state index is 0.312. The number of rotatable bonds is 11. The van der Waals surface area contributed by atoms with Crippen LogP contribution in [0, 0.1) is 0 Å². The molecular weight excluding hydrogens is 190 g/mol. The van der Waals surface area contributed by atoms with Gasteiger partial charge >= 0.3 is 0 Å². The van der Waals surface area contributed by atoms with Gasteiger partial charge in [0, 0.05) is 13.0 Å². The van der Waals surface area contributed by atoms with Crippen LogP contribution in [0.1, 0.15) is 64.7 Å². The Bertz CT molecular complexity index is 149. The van der Waals surface area contributed by atoms with Gasteiger partial charge in [-0.05, 0) is 19.8 Å². The molecule has 0 aromatic rings. The molecule has 0 aliphatic carbocycles. The number of carbonyl (C=O) groups is 1. The summed E-state index contributed by atoms with van der Waals surface area (Å²) in [5.41, 5.74) is 2.17. The summed E-state index contributed by atoms with van der Waals surface area (Å²) >= 11 is 0. The predicted octanol–water partition coefficient (Wildman–Crippen LogP) is 3.07. The molecule has 0 heterocycles. The molecule has 0 bridgehead atoms. The molecule has 0 saturated carbocycles. The lowest BCUT2D eigenvalue weighted by atomic mass is 10.1. The van der Waals surface area contributed by atoms with E-state index in [1.165, 1.54) is 38.5 Å². The van der Waals surface area contributed by atoms with Gasteiger partial charge in [0.05, 0.1) is 0 Å². The zero-order chi connectivity index (χ0) is 11.4. The number of hydrogen-bond donors (Lipinski definition) is 2. The van der Waals surface area contributed by atoms with Crippen molar-refractivity contribution in [2.75, 3.05) is 6.54 Å². The molecule has 0 saturated heterocycles. The molecule has 0 radical (unpaired) electrons. The fourth-order valence-electron chi connectivity index (χ4n) is 1.64. The van der Waals surface area contributed by atoms with E-state index in [1.54, 1.807) is 6.92 Å². The third-order valence-electron chi connectivity index (χ3n) is 2.57. The number of hydrogen-bond acceptors (Lipinski definition) is 3. The van der Waals surface area contributed by atoms with Crippen LogP contribution in [0.4, 0.5) is 0 Å². The quantitative estimate of drug-likeness (QED) is 0.411. The minimum Gasteiger partial charge on any atom is -0.317 e. The summed E-state index contributed by atoms with van der Waals surface area (Å²) in [6.45, 7) is 2.37. The molecule has 0 rings (SSSR count). The fraction of sp³-hybridized carbons (Fsp3) is 0.917. The maximum atomic E-state index is 10.7. The molecule has 3 heteroatoms. The average molecular weight is 215 g/mol. The van der Waals surface area contributed by atoms with Crippen LogP contribution in [-0.4, -0.2) is 17.5 Å². The van der Waals surface area contributed by atoms with E-state index in [9.17, 15) is 4.79 Å². The van der Waals surface area contributed by atoms with E-state index < -0.39 is 0 Å². The summed E-state index contributed by atoms with van der Waals surface area (Å²) in [4.78, 5) is 10.7. The maximum Gasteiger partial charge on any atom is 0.129 e. The first-order valence-corrected chi connectivity index (χ1v) is 6.13. The Morgan fingerprint density at radius 1 is 0.933 bits per heavy atom. The number of ketones is 1. The number of unbranched alkanes of at least 4 members (excludes halogenated alkanes) is 7. The van der Waals surface area contributed by atoms with Crippen molar-refractivity contribution in [1.29, 1.82) is 0 Å². The van der Waals surface area contributed by atoms with Crippen LogP contribution in [-0.2, 0) is 4.79 Å². The van der Waals surface area contributed by atoms with Gasteiger partial charge in [-0.25, -0.2) is 5.48 Å². The van der Waals surface area contributed by atoms with Crippen LogP contribution < -0.4 is 5.48 Å². The van der Waals surface area contributed by atoms with Gasteiger partial charge in [0.25, 0.3) is 0 Å². The summed E-state index contributed by atoms with van der Waals surface area (Å²) in [6, 6.07) is 0. The molecule has 0 aromatic heterocycles. The fourth-order valence-corrected chi connectivity index (χ4v) is 1.64. The smallest absolute Gasteiger partial charge is 0.129 e. The third kappa shape index (κ3) is 13.6. The van der Waals surface area contributed by atoms with E-state index in [0.29, 0.717) is 12.3 Å². The maximum absolute atomic E-state index is 10.7. The SMILES string of the molecule is CC(=O)CCCCCCCCCCNO. The highest BCUT2D eigenvalue weighted by Crippen LogP contribution is 2.09. The molecule has 0 spiro atoms. The molecule has 0 aliphatic rings. The summed E-state index contributed by atoms with van der Waals surface area (Å²) in [6.07, 6.45) is 10.3. The van der Waals surface area contributed by atoms with E-state index >= 15 is 0 Å². The zero-order valence-electron chi connectivity index (χ0n) is 9.93. The van der Waals surface area contributed by atoms with Crippen LogP contribution in [0.15, 0.2) is 0 Å². The highest BCUT2D eigenvalue weighted by atomic mass is 16.5. The van der Waals surface area contributed by atoms with Crippen molar-refractivity contribution in [2.24, 2.45) is 0 Å². The molecule has 90 valence electrons. The molecule has 0 fully saturated rings. The first-order chi connectivity index (χ1) is 7.27. The predicted molar refractivity (Wildman–Crippen MR) is 62.0 cm³/mol. The molecule has 2 N–H and O–H groups in total. The number of carbonyl (C=O) groups excluding carboxylic acids is 1. The van der Waals surface area contributed by atoms with Crippen molar-refractivity contribution < 1.29 is 10.0 Å². The first-order valence-electron chi connectivity index (χ1n) is 6.13. The van der Waals surface area contributed by atoms with Gasteiger partial charge in [-0.2, -0.15) is 0 Å². The number of Topliss-reactive ketones (excluding diaryl/α,β-unsaturated/α-hetero) is 1. The lowest BCUT2D eigenvalue weighted by Crippen LogP contribution is -2.07. The standard InChI is InChI=1S/C12H25NO2/c1-12(14)10-8-6-4-2-3-5-7-9-11-13-15/h13,15H,2-11H2,1H3. The van der Waals surface area contributed by atoms with Crippen molar-refractivity contribution >= 4 is 5.78 Å². The normalized spacial score (nSPS) is 10.5. The molecule has 0 atom stereocenters. The van der Waals surface area contributed by atoms with E-state index in [2.05, 4.69) is 5.48 Å². The van der Waals surface area contributed by atoms with Gasteiger partial charge in [0.2, 0.25) is 0 Å². The van der Waals surface area contributed by atoms with Crippen LogP contribution in [0.2, 0.25) is 0 Å². The van der Waals surface area contributed by atoms with Crippen LogP contribution >= 0.6 is 0 Å². The van der Waals surface area contributed by atoms with Crippen LogP contribution in [0.5, 0.6) is 0 Å². The van der Waals surface area contributed by atoms with Crippen molar-refractivity contribution in [3.05, 3.63) is 0 Å². The third-order valence-corrected chi connectivity index (χ3v) is 2.57. The van der Waals surface area contributed by atoms with Crippen molar-refractivity contribution in [2.45, 2.75) is 64.7 Å². The highest BCUT2D eigenvalue weighted by Gasteiger charge is 1.94. The van der Waals surface area contributed by atoms with Crippen LogP contribution in [0.3, 0.4) is 0 Å². The Kier molecular flexibility index (Phi) is 11.3. The second-order valence-electron chi connectivity index (χ2n) is 4.19. The van der Waals surface area contributed by atoms with Gasteiger partial charge < -0.3 is 10.0 Å². The topological polar surface area (TPSA) is 49.3 Å². The van der Waals surface area contributed by atoms with Gasteiger partial charge in [-0.1, -0.05) is 38.5 Å². The second-order valence-corrected chi connectivity index (χ2v) is 4.19. The van der Waals surface area contributed by atoms with Crippen molar-refractivity contribution in [3.8, 4) is 0 Å². The van der Waals surface area contributed by atoms with Gasteiger partial charge in [0.1, 0.15) is 5.78 Å². The molecule has 15 heavy (non-hydrogen) atoms. The number of hydroxylamine groups is 1. The van der Waals surface area contributed by atoms with Gasteiger partial charge in [0.15, 0.2) is 0 Å². The summed E-state index contributed by atoms with van der Waals surface area (Å²) < 4.78 is 0. The van der Waals surface area contributed by atoms with Crippen LogP contribution in [0.25, 0.3) is 0 Å². The Balaban J connectivity index is 2.89. The van der Waals surface area contributed by atoms with Crippen molar-refractivity contribution in [3.63, 3.8) is 0 Å². The van der Waals surface area contributed by atoms with Gasteiger partial charge in [-0.15, -0.1) is 0 Å². The average Bonchev–Trinajstić information content (AvgIpc) is 2.20. The summed E-state index contributed by atoms with van der Waals surface area (Å²) in [5.74, 6) is 0.312. The molecule has 0 aromatic carbocycles. The van der Waals surface area contributed by atoms with E-state index in [4.69, 9.17) is 5.21 Å². The monoisotopic (exact) mass is 215 g/mol. The van der Waals surface area contributed by atoms with E-state index in [1.807, 2.05) is 0 Å². The Labute approximate surface area is 93.2 Å².